The zero-order valence-corrected chi connectivity index (χ0v) is 27.5. The van der Waals surface area contributed by atoms with E-state index in [2.05, 4.69) is 21.0 Å². The van der Waals surface area contributed by atoms with Gasteiger partial charge in [-0.1, -0.05) is 26.3 Å². The molecule has 0 saturated carbocycles. The first-order chi connectivity index (χ1) is 21.5. The Labute approximate surface area is 264 Å². The summed E-state index contributed by atoms with van der Waals surface area (Å²) in [5.41, 5.74) is 5.02. The van der Waals surface area contributed by atoms with Crippen molar-refractivity contribution >= 4 is 17.5 Å². The van der Waals surface area contributed by atoms with Crippen molar-refractivity contribution in [3.8, 4) is 28.4 Å². The van der Waals surface area contributed by atoms with Crippen LogP contribution in [0.25, 0.3) is 11.1 Å². The van der Waals surface area contributed by atoms with Gasteiger partial charge in [-0.15, -0.1) is 0 Å². The summed E-state index contributed by atoms with van der Waals surface area (Å²) < 4.78 is 19.0. The summed E-state index contributed by atoms with van der Waals surface area (Å²) in [7, 11) is 4.68. The number of anilines is 1. The van der Waals surface area contributed by atoms with E-state index in [1.807, 2.05) is 50.6 Å². The van der Waals surface area contributed by atoms with Gasteiger partial charge in [-0.2, -0.15) is 5.10 Å². The van der Waals surface area contributed by atoms with Crippen molar-refractivity contribution in [1.82, 2.24) is 20.4 Å². The number of fused-ring (bicyclic) bond motifs is 3. The monoisotopic (exact) mass is 619 g/mol. The van der Waals surface area contributed by atoms with Crippen molar-refractivity contribution in [2.75, 3.05) is 33.2 Å². The van der Waals surface area contributed by atoms with Crippen LogP contribution in [0.2, 0.25) is 0 Å². The standard InChI is InChI=1S/C34H45N5O6/c1-9-19(2)31(34(42)35-14-15-39-21(4)16-20(3)38-39)37-27-13-11-24-25(18-28(27)41)26(36-22(5)40)12-10-23-17-29(43-6)32(44-7)33(45-8)30(23)24/h11,13,16-19,26,31H,9-10,12,14-15H2,1-8H3,(H,35,42)(H,36,40)(H,37,41)/t19-,26+,31+/m1/s1. The van der Waals surface area contributed by atoms with Crippen molar-refractivity contribution < 1.29 is 23.8 Å². The second kappa shape index (κ2) is 14.5. The minimum absolute atomic E-state index is 0.0638. The van der Waals surface area contributed by atoms with E-state index in [9.17, 15) is 14.4 Å². The van der Waals surface area contributed by atoms with Crippen molar-refractivity contribution in [2.45, 2.75) is 72.5 Å². The fourth-order valence-electron chi connectivity index (χ4n) is 5.99. The molecule has 1 aliphatic carbocycles. The highest BCUT2D eigenvalue weighted by Gasteiger charge is 2.30. The smallest absolute Gasteiger partial charge is 0.242 e. The summed E-state index contributed by atoms with van der Waals surface area (Å²) in [6.45, 7) is 10.3. The molecule has 1 aromatic heterocycles. The molecule has 2 amide bonds. The van der Waals surface area contributed by atoms with Gasteiger partial charge in [-0.05, 0) is 73.6 Å². The van der Waals surface area contributed by atoms with Gasteiger partial charge in [0.2, 0.25) is 23.0 Å². The van der Waals surface area contributed by atoms with Crippen LogP contribution in [-0.4, -0.2) is 55.5 Å². The van der Waals surface area contributed by atoms with E-state index in [1.54, 1.807) is 33.5 Å². The molecule has 3 aromatic rings. The van der Waals surface area contributed by atoms with Gasteiger partial charge in [0.05, 0.1) is 45.3 Å². The maximum absolute atomic E-state index is 13.8. The van der Waals surface area contributed by atoms with E-state index in [4.69, 9.17) is 14.2 Å². The van der Waals surface area contributed by atoms with Crippen LogP contribution in [-0.2, 0) is 22.6 Å². The zero-order valence-electron chi connectivity index (χ0n) is 27.5. The number of carbonyl (C=O) groups is 2. The highest BCUT2D eigenvalue weighted by molar-refractivity contribution is 5.86. The third-order valence-corrected chi connectivity index (χ3v) is 8.45. The summed E-state index contributed by atoms with van der Waals surface area (Å²) in [4.78, 5) is 39.6. The third kappa shape index (κ3) is 7.24. The van der Waals surface area contributed by atoms with Crippen LogP contribution in [0.3, 0.4) is 0 Å². The Kier molecular flexibility index (Phi) is 10.7. The lowest BCUT2D eigenvalue weighted by molar-refractivity contribution is -0.123. The number of benzene rings is 1. The molecule has 2 aromatic carbocycles. The highest BCUT2D eigenvalue weighted by Crippen LogP contribution is 2.50. The number of aromatic nitrogens is 2. The maximum Gasteiger partial charge on any atom is 0.242 e. The molecular formula is C34H45N5O6. The summed E-state index contributed by atoms with van der Waals surface area (Å²) in [6, 6.07) is 7.94. The first kappa shape index (κ1) is 33.4. The Hall–Kier alpha value is -4.54. The van der Waals surface area contributed by atoms with Gasteiger partial charge in [0.15, 0.2) is 11.5 Å². The minimum atomic E-state index is -0.650. The van der Waals surface area contributed by atoms with Crippen LogP contribution >= 0.6 is 0 Å². The number of nitrogens with zero attached hydrogens (tertiary/aromatic N) is 2. The van der Waals surface area contributed by atoms with E-state index < -0.39 is 12.1 Å². The maximum atomic E-state index is 13.8. The van der Waals surface area contributed by atoms with E-state index in [0.29, 0.717) is 48.7 Å². The van der Waals surface area contributed by atoms with Gasteiger partial charge >= 0.3 is 0 Å². The number of carbonyl (C=O) groups excluding carboxylic acids is 2. The quantitative estimate of drug-likeness (QED) is 0.273. The molecule has 0 unspecified atom stereocenters. The molecule has 0 bridgehead atoms. The minimum Gasteiger partial charge on any atom is -0.493 e. The molecule has 11 nitrogen and oxygen atoms in total. The highest BCUT2D eigenvalue weighted by atomic mass is 16.5. The van der Waals surface area contributed by atoms with Gasteiger partial charge in [0, 0.05) is 24.7 Å². The zero-order chi connectivity index (χ0) is 32.8. The van der Waals surface area contributed by atoms with Gasteiger partial charge in [-0.25, -0.2) is 0 Å². The Morgan fingerprint density at radius 3 is 2.40 bits per heavy atom. The molecule has 0 radical (unpaired) electrons. The fourth-order valence-corrected chi connectivity index (χ4v) is 5.99. The lowest BCUT2D eigenvalue weighted by atomic mass is 9.95. The largest absolute Gasteiger partial charge is 0.493 e. The van der Waals surface area contributed by atoms with E-state index in [-0.39, 0.29) is 28.8 Å². The fraction of sp³-hybridized carbons (Fsp3) is 0.471. The van der Waals surface area contributed by atoms with E-state index >= 15 is 0 Å². The first-order valence-electron chi connectivity index (χ1n) is 15.4. The second-order valence-electron chi connectivity index (χ2n) is 11.5. The number of aryl methyl sites for hydroxylation is 3. The van der Waals surface area contributed by atoms with Crippen LogP contribution in [0.15, 0.2) is 35.1 Å². The Morgan fingerprint density at radius 1 is 1.07 bits per heavy atom. The van der Waals surface area contributed by atoms with Crippen LogP contribution in [0.4, 0.5) is 5.69 Å². The van der Waals surface area contributed by atoms with Crippen molar-refractivity contribution in [3.05, 3.63) is 63.1 Å². The molecule has 11 heteroatoms. The third-order valence-electron chi connectivity index (χ3n) is 8.45. The normalized spacial score (nSPS) is 15.1. The number of nitrogens with one attached hydrogen (secondary N) is 3. The molecule has 0 fully saturated rings. The molecular weight excluding hydrogens is 574 g/mol. The topological polar surface area (TPSA) is 133 Å². The van der Waals surface area contributed by atoms with E-state index in [1.165, 1.54) is 6.92 Å². The molecule has 4 rings (SSSR count). The number of rotatable bonds is 12. The van der Waals surface area contributed by atoms with Crippen LogP contribution < -0.4 is 35.6 Å². The molecule has 3 atom stereocenters. The second-order valence-corrected chi connectivity index (χ2v) is 11.5. The summed E-state index contributed by atoms with van der Waals surface area (Å²) in [5, 5.41) is 13.8. The van der Waals surface area contributed by atoms with Gasteiger partial charge in [-0.3, -0.25) is 19.1 Å². The summed E-state index contributed by atoms with van der Waals surface area (Å²) in [5.74, 6) is 0.975. The summed E-state index contributed by atoms with van der Waals surface area (Å²) >= 11 is 0. The van der Waals surface area contributed by atoms with Crippen LogP contribution in [0, 0.1) is 19.8 Å². The molecule has 1 heterocycles. The molecule has 1 aliphatic rings. The lowest BCUT2D eigenvalue weighted by Crippen LogP contribution is -2.45. The molecule has 0 aliphatic heterocycles. The number of hydrogen-bond donors (Lipinski definition) is 3. The number of hydrogen-bond acceptors (Lipinski definition) is 8. The van der Waals surface area contributed by atoms with Crippen LogP contribution in [0.5, 0.6) is 17.2 Å². The number of methoxy groups -OCH3 is 3. The Morgan fingerprint density at radius 2 is 1.80 bits per heavy atom. The summed E-state index contributed by atoms with van der Waals surface area (Å²) in [6.07, 6.45) is 1.88. The van der Waals surface area contributed by atoms with Crippen molar-refractivity contribution in [1.29, 1.82) is 0 Å². The van der Waals surface area contributed by atoms with Crippen molar-refractivity contribution in [2.24, 2.45) is 5.92 Å². The van der Waals surface area contributed by atoms with Gasteiger partial charge < -0.3 is 30.2 Å². The molecule has 242 valence electrons. The predicted octanol–water partition coefficient (Wildman–Crippen LogP) is 4.32. The molecule has 3 N–H and O–H groups in total. The van der Waals surface area contributed by atoms with E-state index in [0.717, 1.165) is 34.5 Å². The Balaban J connectivity index is 1.76. The van der Waals surface area contributed by atoms with Gasteiger partial charge in [0.25, 0.3) is 0 Å². The number of amides is 2. The first-order valence-corrected chi connectivity index (χ1v) is 15.4. The lowest BCUT2D eigenvalue weighted by Gasteiger charge is -2.24. The van der Waals surface area contributed by atoms with Crippen LogP contribution in [0.1, 0.15) is 62.2 Å². The van der Waals surface area contributed by atoms with Crippen molar-refractivity contribution in [3.63, 3.8) is 0 Å². The average Bonchev–Trinajstić information content (AvgIpc) is 3.15. The van der Waals surface area contributed by atoms with Gasteiger partial charge in [0.1, 0.15) is 6.04 Å². The number of ether oxygens (including phenoxy) is 3. The predicted molar refractivity (Wildman–Crippen MR) is 174 cm³/mol. The molecule has 45 heavy (non-hydrogen) atoms. The molecule has 0 spiro atoms. The Bertz CT molecular complexity index is 1620. The molecule has 0 saturated heterocycles. The average molecular weight is 620 g/mol. The SMILES string of the molecule is CC[C@@H](C)[C@H](Nc1ccc2c(cc1=O)[C@@H](NC(C)=O)CCc1cc(OC)c(OC)c(OC)c1-2)C(=O)NCCn1nc(C)cc1C.